The Morgan fingerprint density at radius 3 is 3.19 bits per heavy atom. The predicted octanol–water partition coefficient (Wildman–Crippen LogP) is 2.38. The second-order valence-corrected chi connectivity index (χ2v) is 5.17. The Kier molecular flexibility index (Phi) is 2.69. The third-order valence-electron chi connectivity index (χ3n) is 2.53. The highest BCUT2D eigenvalue weighted by Gasteiger charge is 2.27. The lowest BCUT2D eigenvalue weighted by Crippen LogP contribution is -2.09. The number of aromatic nitrogens is 4. The minimum Gasteiger partial charge on any atom is -0.297 e. The summed E-state index contributed by atoms with van der Waals surface area (Å²) in [6, 6.07) is 4.37. The molecule has 1 aliphatic heterocycles. The van der Waals surface area contributed by atoms with Crippen LogP contribution in [0.2, 0.25) is 0 Å². The van der Waals surface area contributed by atoms with Crippen LogP contribution in [0.1, 0.15) is 6.04 Å². The number of rotatable bonds is 2. The van der Waals surface area contributed by atoms with Gasteiger partial charge in [-0.2, -0.15) is 0 Å². The summed E-state index contributed by atoms with van der Waals surface area (Å²) in [5, 5.41) is 10.4. The fraction of sp³-hybridized carbons (Fsp3) is 0.300. The number of fused-ring (bicyclic) bond motifs is 1. The van der Waals surface area contributed by atoms with E-state index in [1.165, 1.54) is 0 Å². The predicted molar refractivity (Wildman–Crippen MR) is 66.8 cm³/mol. The van der Waals surface area contributed by atoms with Gasteiger partial charge in [-0.15, -0.1) is 10.2 Å². The molecule has 0 radical (unpaired) electrons. The minimum atomic E-state index is 0.435. The molecule has 0 fully saturated rings. The fourth-order valence-corrected chi connectivity index (χ4v) is 3.66. The third kappa shape index (κ3) is 1.56. The summed E-state index contributed by atoms with van der Waals surface area (Å²) in [7, 11) is 0. The van der Waals surface area contributed by atoms with Gasteiger partial charge in [0.05, 0.1) is 6.04 Å². The van der Waals surface area contributed by atoms with Gasteiger partial charge >= 0.3 is 0 Å². The lowest BCUT2D eigenvalue weighted by molar-refractivity contribution is 0.600. The largest absolute Gasteiger partial charge is 0.297 e. The molecule has 0 aromatic carbocycles. The first-order valence-corrected chi connectivity index (χ1v) is 7.05. The van der Waals surface area contributed by atoms with E-state index in [1.807, 2.05) is 18.3 Å². The van der Waals surface area contributed by atoms with E-state index < -0.39 is 0 Å². The zero-order valence-corrected chi connectivity index (χ0v) is 10.8. The maximum atomic E-state index is 4.24. The molecule has 2 aromatic heterocycles. The Morgan fingerprint density at radius 1 is 1.50 bits per heavy atom. The molecular formula is C10H9BrN4S. The highest BCUT2D eigenvalue weighted by atomic mass is 79.9. The first-order chi connectivity index (χ1) is 7.90. The molecule has 1 atom stereocenters. The molecule has 0 spiro atoms. The van der Waals surface area contributed by atoms with E-state index in [0.717, 1.165) is 27.6 Å². The van der Waals surface area contributed by atoms with Gasteiger partial charge in [-0.3, -0.25) is 9.55 Å². The molecule has 0 aliphatic carbocycles. The average Bonchev–Trinajstić information content (AvgIpc) is 2.90. The van der Waals surface area contributed by atoms with Gasteiger partial charge < -0.3 is 0 Å². The summed E-state index contributed by atoms with van der Waals surface area (Å²) in [6.07, 6.45) is 3.59. The molecule has 0 saturated carbocycles. The quantitative estimate of drug-likeness (QED) is 0.798. The zero-order chi connectivity index (χ0) is 11.0. The first-order valence-electron chi connectivity index (χ1n) is 4.94. The number of hydrogen-bond acceptors (Lipinski definition) is 4. The lowest BCUT2D eigenvalue weighted by atomic mass is 10.2. The van der Waals surface area contributed by atoms with Gasteiger partial charge in [0.1, 0.15) is 0 Å². The molecule has 0 unspecified atom stereocenters. The van der Waals surface area contributed by atoms with E-state index in [4.69, 9.17) is 0 Å². The van der Waals surface area contributed by atoms with Crippen molar-refractivity contribution in [3.63, 3.8) is 0 Å². The highest BCUT2D eigenvalue weighted by molar-refractivity contribution is 9.09. The van der Waals surface area contributed by atoms with Crippen molar-refractivity contribution < 1.29 is 0 Å². The monoisotopic (exact) mass is 296 g/mol. The second-order valence-electron chi connectivity index (χ2n) is 3.54. The van der Waals surface area contributed by atoms with E-state index in [2.05, 4.69) is 35.7 Å². The molecule has 6 heteroatoms. The molecule has 82 valence electrons. The van der Waals surface area contributed by atoms with Crippen LogP contribution in [-0.4, -0.2) is 30.8 Å². The molecule has 0 N–H and O–H groups in total. The summed E-state index contributed by atoms with van der Waals surface area (Å²) in [4.78, 5) is 4.12. The van der Waals surface area contributed by atoms with Gasteiger partial charge in [-0.1, -0.05) is 27.7 Å². The van der Waals surface area contributed by atoms with E-state index in [0.29, 0.717) is 6.04 Å². The molecule has 0 bridgehead atoms. The highest BCUT2D eigenvalue weighted by Crippen LogP contribution is 2.36. The topological polar surface area (TPSA) is 43.6 Å². The Balaban J connectivity index is 2.10. The lowest BCUT2D eigenvalue weighted by Gasteiger charge is -2.10. The first kappa shape index (κ1) is 10.3. The van der Waals surface area contributed by atoms with Crippen LogP contribution in [0.25, 0.3) is 11.4 Å². The minimum absolute atomic E-state index is 0.435. The molecule has 0 saturated heterocycles. The van der Waals surface area contributed by atoms with Crippen LogP contribution >= 0.6 is 27.7 Å². The van der Waals surface area contributed by atoms with Crippen LogP contribution in [0.5, 0.6) is 0 Å². The summed E-state index contributed by atoms with van der Waals surface area (Å²) in [5.41, 5.74) is 1.02. The summed E-state index contributed by atoms with van der Waals surface area (Å²) < 4.78 is 2.19. The average molecular weight is 297 g/mol. The van der Waals surface area contributed by atoms with Crippen molar-refractivity contribution in [2.24, 2.45) is 0 Å². The van der Waals surface area contributed by atoms with Gasteiger partial charge in [0.2, 0.25) is 0 Å². The van der Waals surface area contributed by atoms with Gasteiger partial charge in [0, 0.05) is 29.0 Å². The van der Waals surface area contributed by atoms with Crippen molar-refractivity contribution in [1.29, 1.82) is 0 Å². The standard InChI is InChI=1S/C10H9BrN4S/c11-4-8-6-16-10-14-13-9(15(8)10)7-2-1-3-12-5-7/h1-3,5,8H,4,6H2/t8-/m0/s1. The van der Waals surface area contributed by atoms with Crippen LogP contribution in [0.4, 0.5) is 0 Å². The number of pyridine rings is 1. The van der Waals surface area contributed by atoms with E-state index in [-0.39, 0.29) is 0 Å². The van der Waals surface area contributed by atoms with Gasteiger partial charge in [0.15, 0.2) is 11.0 Å². The van der Waals surface area contributed by atoms with Gasteiger partial charge in [-0.25, -0.2) is 0 Å². The van der Waals surface area contributed by atoms with Gasteiger partial charge in [-0.05, 0) is 12.1 Å². The Morgan fingerprint density at radius 2 is 2.44 bits per heavy atom. The van der Waals surface area contributed by atoms with Crippen LogP contribution in [0, 0.1) is 0 Å². The summed E-state index contributed by atoms with van der Waals surface area (Å²) >= 11 is 5.29. The molecule has 0 amide bonds. The number of halogens is 1. The Hall–Kier alpha value is -0.880. The third-order valence-corrected chi connectivity index (χ3v) is 4.37. The Labute approximate surface area is 106 Å². The zero-order valence-electron chi connectivity index (χ0n) is 8.38. The summed E-state index contributed by atoms with van der Waals surface area (Å²) in [5.74, 6) is 1.97. The molecule has 1 aliphatic rings. The van der Waals surface area contributed by atoms with Crippen LogP contribution in [0.3, 0.4) is 0 Å². The van der Waals surface area contributed by atoms with E-state index in [9.17, 15) is 0 Å². The normalized spacial score (nSPS) is 18.7. The number of hydrogen-bond donors (Lipinski definition) is 0. The van der Waals surface area contributed by atoms with Crippen molar-refractivity contribution in [2.45, 2.75) is 11.2 Å². The fourth-order valence-electron chi connectivity index (χ4n) is 1.76. The van der Waals surface area contributed by atoms with E-state index >= 15 is 0 Å². The van der Waals surface area contributed by atoms with Crippen molar-refractivity contribution in [1.82, 2.24) is 19.7 Å². The van der Waals surface area contributed by atoms with Crippen LogP contribution in [0.15, 0.2) is 29.7 Å². The van der Waals surface area contributed by atoms with Crippen molar-refractivity contribution >= 4 is 27.7 Å². The number of alkyl halides is 1. The van der Waals surface area contributed by atoms with Crippen molar-refractivity contribution in [3.05, 3.63) is 24.5 Å². The van der Waals surface area contributed by atoms with Crippen LogP contribution < -0.4 is 0 Å². The molecule has 4 nitrogen and oxygen atoms in total. The number of thioether (sulfide) groups is 1. The van der Waals surface area contributed by atoms with E-state index in [1.54, 1.807) is 18.0 Å². The molecule has 16 heavy (non-hydrogen) atoms. The van der Waals surface area contributed by atoms with Gasteiger partial charge in [0.25, 0.3) is 0 Å². The van der Waals surface area contributed by atoms with Crippen molar-refractivity contribution in [2.75, 3.05) is 11.1 Å². The molecule has 2 aromatic rings. The Bertz CT molecular complexity index is 499. The van der Waals surface area contributed by atoms with Crippen molar-refractivity contribution in [3.8, 4) is 11.4 Å². The molecule has 3 rings (SSSR count). The maximum absolute atomic E-state index is 4.24. The smallest absolute Gasteiger partial charge is 0.191 e. The molecule has 3 heterocycles. The summed E-state index contributed by atoms with van der Waals surface area (Å²) in [6.45, 7) is 0. The van der Waals surface area contributed by atoms with Crippen LogP contribution in [-0.2, 0) is 0 Å². The molecular weight excluding hydrogens is 288 g/mol. The maximum Gasteiger partial charge on any atom is 0.191 e. The number of nitrogens with zero attached hydrogens (tertiary/aromatic N) is 4. The second kappa shape index (κ2) is 4.18. The SMILES string of the molecule is BrC[C@H]1CSc2nnc(-c3cccnc3)n21.